The summed E-state index contributed by atoms with van der Waals surface area (Å²) in [5, 5.41) is 7.87. The van der Waals surface area contributed by atoms with E-state index in [9.17, 15) is 4.79 Å². The molecule has 4 rings (SSSR count). The number of amides is 2. The summed E-state index contributed by atoms with van der Waals surface area (Å²) in [4.78, 5) is 12.3. The van der Waals surface area contributed by atoms with Crippen LogP contribution in [-0.4, -0.2) is 21.9 Å². The van der Waals surface area contributed by atoms with E-state index < -0.39 is 6.03 Å². The van der Waals surface area contributed by atoms with Gasteiger partial charge in [0.25, 0.3) is 0 Å². The van der Waals surface area contributed by atoms with Crippen molar-refractivity contribution >= 4 is 11.7 Å². The quantitative estimate of drug-likeness (QED) is 0.743. The summed E-state index contributed by atoms with van der Waals surface area (Å²) < 4.78 is 0. The molecule has 0 radical (unpaired) electrons. The van der Waals surface area contributed by atoms with Crippen LogP contribution in [-0.2, 0) is 6.54 Å². The zero-order valence-electron chi connectivity index (χ0n) is 15.5. The first kappa shape index (κ1) is 17.9. The minimum atomic E-state index is -0.593. The number of hydrogen-bond donors (Lipinski definition) is 1. The Morgan fingerprint density at radius 2 is 1.46 bits per heavy atom. The minimum Gasteiger partial charge on any atom is -0.349 e. The van der Waals surface area contributed by atoms with Crippen molar-refractivity contribution in [1.82, 2.24) is 10.1 Å². The number of hydrazone groups is 1. The molecule has 5 nitrogen and oxygen atoms in total. The molecule has 2 N–H and O–H groups in total. The van der Waals surface area contributed by atoms with Crippen molar-refractivity contribution in [2.75, 3.05) is 0 Å². The van der Waals surface area contributed by atoms with Crippen molar-refractivity contribution in [2.45, 2.75) is 19.0 Å². The molecule has 0 aromatic heterocycles. The van der Waals surface area contributed by atoms with Crippen molar-refractivity contribution < 1.29 is 4.79 Å². The number of nitrogens with two attached hydrogens (primary N) is 1. The summed E-state index contributed by atoms with van der Waals surface area (Å²) in [6.45, 7) is 0.537. The van der Waals surface area contributed by atoms with Gasteiger partial charge in [-0.15, -0.1) is 5.12 Å². The largest absolute Gasteiger partial charge is 0.350 e. The van der Waals surface area contributed by atoms with Crippen LogP contribution in [0.2, 0.25) is 0 Å². The summed E-state index contributed by atoms with van der Waals surface area (Å²) in [7, 11) is 0. The van der Waals surface area contributed by atoms with Gasteiger partial charge in [0.05, 0.1) is 11.8 Å². The number of benzene rings is 3. The fourth-order valence-electron chi connectivity index (χ4n) is 3.53. The molecule has 0 fully saturated rings. The lowest BCUT2D eigenvalue weighted by Crippen LogP contribution is -2.50. The Kier molecular flexibility index (Phi) is 5.17. The summed E-state index contributed by atoms with van der Waals surface area (Å²) in [5.74, 6) is 0. The van der Waals surface area contributed by atoms with E-state index in [1.165, 1.54) is 5.12 Å². The number of carbonyl (C=O) groups is 1. The Morgan fingerprint density at radius 1 is 0.893 bits per heavy atom. The zero-order valence-corrected chi connectivity index (χ0v) is 15.5. The second-order valence-corrected chi connectivity index (χ2v) is 6.75. The first-order valence-electron chi connectivity index (χ1n) is 9.30. The molecule has 0 saturated heterocycles. The molecule has 140 valence electrons. The molecule has 5 heteroatoms. The highest BCUT2D eigenvalue weighted by Gasteiger charge is 2.34. The first-order valence-corrected chi connectivity index (χ1v) is 9.30. The maximum absolute atomic E-state index is 12.3. The number of hydrazine groups is 1. The van der Waals surface area contributed by atoms with Gasteiger partial charge >= 0.3 is 6.03 Å². The third kappa shape index (κ3) is 3.80. The maximum Gasteiger partial charge on any atom is 0.350 e. The lowest BCUT2D eigenvalue weighted by Gasteiger charge is -2.40. The van der Waals surface area contributed by atoms with Gasteiger partial charge in [-0.05, 0) is 16.7 Å². The second kappa shape index (κ2) is 8.06. The molecule has 1 aliphatic rings. The molecule has 0 saturated carbocycles. The number of nitrogens with zero attached hydrogens (tertiary/aromatic N) is 3. The van der Waals surface area contributed by atoms with Gasteiger partial charge in [-0.1, -0.05) is 91.0 Å². The van der Waals surface area contributed by atoms with Gasteiger partial charge in [-0.25, -0.2) is 4.79 Å². The molecule has 1 heterocycles. The summed E-state index contributed by atoms with van der Waals surface area (Å²) in [6, 6.07) is 29.5. The lowest BCUT2D eigenvalue weighted by atomic mass is 9.95. The Labute approximate surface area is 164 Å². The Bertz CT molecular complexity index is 958. The number of rotatable bonds is 4. The molecule has 3 aromatic carbocycles. The molecule has 1 unspecified atom stereocenters. The molecule has 0 bridgehead atoms. The highest BCUT2D eigenvalue weighted by molar-refractivity contribution is 6.01. The van der Waals surface area contributed by atoms with E-state index in [-0.39, 0.29) is 6.04 Å². The van der Waals surface area contributed by atoms with Crippen LogP contribution < -0.4 is 5.73 Å². The topological polar surface area (TPSA) is 61.9 Å². The Morgan fingerprint density at radius 3 is 2.07 bits per heavy atom. The summed E-state index contributed by atoms with van der Waals surface area (Å²) >= 11 is 0. The van der Waals surface area contributed by atoms with Crippen LogP contribution in [0.15, 0.2) is 96.1 Å². The number of urea groups is 1. The fourth-order valence-corrected chi connectivity index (χ4v) is 3.53. The van der Waals surface area contributed by atoms with Crippen LogP contribution in [0.25, 0.3) is 0 Å². The van der Waals surface area contributed by atoms with Crippen molar-refractivity contribution in [1.29, 1.82) is 0 Å². The van der Waals surface area contributed by atoms with Crippen LogP contribution in [0.5, 0.6) is 0 Å². The Balaban J connectivity index is 1.77. The molecular weight excluding hydrogens is 348 g/mol. The van der Waals surface area contributed by atoms with Crippen molar-refractivity contribution in [3.05, 3.63) is 108 Å². The van der Waals surface area contributed by atoms with E-state index in [1.807, 2.05) is 83.9 Å². The third-order valence-corrected chi connectivity index (χ3v) is 4.88. The zero-order chi connectivity index (χ0) is 19.3. The van der Waals surface area contributed by atoms with Crippen LogP contribution in [0, 0.1) is 0 Å². The van der Waals surface area contributed by atoms with E-state index in [2.05, 4.69) is 17.2 Å². The van der Waals surface area contributed by atoms with Crippen molar-refractivity contribution in [3.8, 4) is 0 Å². The van der Waals surface area contributed by atoms with Crippen molar-refractivity contribution in [2.24, 2.45) is 10.8 Å². The molecule has 2 amide bonds. The van der Waals surface area contributed by atoms with E-state index in [0.29, 0.717) is 13.0 Å². The first-order chi connectivity index (χ1) is 13.7. The summed E-state index contributed by atoms with van der Waals surface area (Å²) in [5.41, 5.74) is 9.78. The van der Waals surface area contributed by atoms with Crippen LogP contribution in [0.1, 0.15) is 29.2 Å². The molecule has 0 spiro atoms. The van der Waals surface area contributed by atoms with Gasteiger partial charge in [0.15, 0.2) is 0 Å². The van der Waals surface area contributed by atoms with Gasteiger partial charge in [0, 0.05) is 13.0 Å². The molecule has 1 atom stereocenters. The predicted molar refractivity (Wildman–Crippen MR) is 110 cm³/mol. The fraction of sp³-hybridized carbons (Fsp3) is 0.130. The average Bonchev–Trinajstić information content (AvgIpc) is 2.75. The monoisotopic (exact) mass is 370 g/mol. The van der Waals surface area contributed by atoms with E-state index in [4.69, 9.17) is 5.73 Å². The van der Waals surface area contributed by atoms with Gasteiger partial charge in [-0.3, -0.25) is 0 Å². The highest BCUT2D eigenvalue weighted by atomic mass is 16.2. The van der Waals surface area contributed by atoms with Gasteiger partial charge in [0.1, 0.15) is 0 Å². The molecule has 0 aliphatic carbocycles. The van der Waals surface area contributed by atoms with Gasteiger partial charge < -0.3 is 5.73 Å². The van der Waals surface area contributed by atoms with Gasteiger partial charge in [0.2, 0.25) is 0 Å². The Hall–Kier alpha value is -3.44. The van der Waals surface area contributed by atoms with Gasteiger partial charge in [-0.2, -0.15) is 10.1 Å². The number of carbonyl (C=O) groups excluding carboxylic acids is 1. The minimum absolute atomic E-state index is 0.0541. The predicted octanol–water partition coefficient (Wildman–Crippen LogP) is 4.33. The van der Waals surface area contributed by atoms with E-state index >= 15 is 0 Å². The average molecular weight is 370 g/mol. The van der Waals surface area contributed by atoms with E-state index in [0.717, 1.165) is 22.4 Å². The number of hydrogen-bond acceptors (Lipinski definition) is 3. The second-order valence-electron chi connectivity index (χ2n) is 6.75. The normalized spacial score (nSPS) is 17.2. The molecular formula is C23H22N4O. The summed E-state index contributed by atoms with van der Waals surface area (Å²) in [6.07, 6.45) is 0.685. The smallest absolute Gasteiger partial charge is 0.349 e. The third-order valence-electron chi connectivity index (χ3n) is 4.88. The van der Waals surface area contributed by atoms with Crippen molar-refractivity contribution in [3.63, 3.8) is 0 Å². The lowest BCUT2D eigenvalue weighted by molar-refractivity contribution is -0.0363. The highest BCUT2D eigenvalue weighted by Crippen LogP contribution is 2.33. The standard InChI is InChI=1S/C23H22N4O/c24-23(28)27-25-21(19-12-6-2-7-13-19)16-22(20-14-8-3-9-15-20)26(27)17-18-10-4-1-5-11-18/h1-15,22H,16-17H2,(H2,24,28). The molecule has 3 aromatic rings. The van der Waals surface area contributed by atoms with Crippen LogP contribution in [0.3, 0.4) is 0 Å². The molecule has 28 heavy (non-hydrogen) atoms. The van der Waals surface area contributed by atoms with E-state index in [1.54, 1.807) is 0 Å². The van der Waals surface area contributed by atoms with Crippen LogP contribution >= 0.6 is 0 Å². The maximum atomic E-state index is 12.3. The molecule has 1 aliphatic heterocycles. The van der Waals surface area contributed by atoms with Crippen LogP contribution in [0.4, 0.5) is 4.79 Å². The number of primary amides is 1. The SMILES string of the molecule is NC(=O)N1N=C(c2ccccc2)CC(c2ccccc2)N1Cc1ccccc1.